The van der Waals surface area contributed by atoms with Gasteiger partial charge in [0.25, 0.3) is 0 Å². The second-order valence-electron chi connectivity index (χ2n) is 6.23. The molecule has 2 amide bonds. The third kappa shape index (κ3) is 5.85. The molecule has 0 atom stereocenters. The third-order valence-electron chi connectivity index (χ3n) is 3.94. The second kappa shape index (κ2) is 10.6. The summed E-state index contributed by atoms with van der Waals surface area (Å²) in [6.07, 6.45) is 0. The van der Waals surface area contributed by atoms with Crippen LogP contribution in [0.25, 0.3) is 0 Å². The molecule has 170 valence electrons. The number of nitrogens with zero attached hydrogens (tertiary/aromatic N) is 2. The van der Waals surface area contributed by atoms with E-state index in [1.165, 1.54) is 11.8 Å². The lowest BCUT2D eigenvalue weighted by molar-refractivity contribution is -0.135. The summed E-state index contributed by atoms with van der Waals surface area (Å²) in [6.45, 7) is 8.72. The summed E-state index contributed by atoms with van der Waals surface area (Å²) >= 11 is 6.46. The van der Waals surface area contributed by atoms with Crippen molar-refractivity contribution in [1.29, 1.82) is 5.41 Å². The van der Waals surface area contributed by atoms with Gasteiger partial charge in [-0.2, -0.15) is 0 Å². The zero-order valence-corrected chi connectivity index (χ0v) is 18.9. The van der Waals surface area contributed by atoms with Crippen molar-refractivity contribution in [2.24, 2.45) is 5.73 Å². The Hall–Kier alpha value is -3.34. The number of hydrogen-bond acceptors (Lipinski definition) is 8. The third-order valence-corrected chi connectivity index (χ3v) is 4.29. The van der Waals surface area contributed by atoms with Gasteiger partial charge < -0.3 is 24.8 Å². The summed E-state index contributed by atoms with van der Waals surface area (Å²) in [7, 11) is 0. The predicted molar refractivity (Wildman–Crippen MR) is 113 cm³/mol. The highest BCUT2D eigenvalue weighted by Crippen LogP contribution is 2.52. The number of rotatable bonds is 6. The van der Waals surface area contributed by atoms with Crippen molar-refractivity contribution < 1.29 is 33.4 Å². The number of nitrogens with two attached hydrogens (primary N) is 1. The van der Waals surface area contributed by atoms with Crippen LogP contribution in [0.3, 0.4) is 0 Å². The van der Waals surface area contributed by atoms with E-state index in [4.69, 9.17) is 37.0 Å². The lowest BCUT2D eigenvalue weighted by atomic mass is 10.1. The lowest BCUT2D eigenvalue weighted by Gasteiger charge is -2.31. The SMILES string of the molecule is CCN(CC)C(=O)N(C(=N)N)c1c(C)c(OC(C)=O)c(OC(C)=O)c(OC(C)=O)c1Cl. The molecule has 0 radical (unpaired) electrons. The van der Waals surface area contributed by atoms with Crippen LogP contribution in [0.2, 0.25) is 5.02 Å². The van der Waals surface area contributed by atoms with E-state index in [9.17, 15) is 19.2 Å². The summed E-state index contributed by atoms with van der Waals surface area (Å²) in [6, 6.07) is -0.690. The number of anilines is 1. The van der Waals surface area contributed by atoms with Gasteiger partial charge >= 0.3 is 23.9 Å². The molecule has 0 unspecified atom stereocenters. The number of esters is 3. The van der Waals surface area contributed by atoms with Gasteiger partial charge in [-0.1, -0.05) is 11.6 Å². The maximum atomic E-state index is 13.1. The van der Waals surface area contributed by atoms with Gasteiger partial charge in [0, 0.05) is 39.4 Å². The standard InChI is InChI=1S/C19H25ClN4O7/c1-7-23(8-2)19(28)24(18(21)22)14-9(3)15(29-10(4)25)17(31-12(6)27)16(13(14)20)30-11(5)26/h7-8H2,1-6H3,(H3,21,22). The first-order valence-electron chi connectivity index (χ1n) is 9.21. The molecular weight excluding hydrogens is 432 g/mol. The average Bonchev–Trinajstić information content (AvgIpc) is 2.64. The van der Waals surface area contributed by atoms with Crippen molar-refractivity contribution >= 4 is 47.2 Å². The van der Waals surface area contributed by atoms with Crippen molar-refractivity contribution in [3.05, 3.63) is 10.6 Å². The normalized spacial score (nSPS) is 10.2. The molecule has 11 nitrogen and oxygen atoms in total. The zero-order chi connectivity index (χ0) is 24.0. The van der Waals surface area contributed by atoms with Gasteiger partial charge in [0.2, 0.25) is 11.7 Å². The molecule has 1 aromatic carbocycles. The Morgan fingerprint density at radius 1 is 0.903 bits per heavy atom. The van der Waals surface area contributed by atoms with Crippen LogP contribution in [0.15, 0.2) is 0 Å². The Morgan fingerprint density at radius 2 is 1.32 bits per heavy atom. The van der Waals surface area contributed by atoms with Crippen LogP contribution in [0.5, 0.6) is 17.2 Å². The van der Waals surface area contributed by atoms with E-state index < -0.39 is 41.4 Å². The highest BCUT2D eigenvalue weighted by molar-refractivity contribution is 6.37. The fourth-order valence-corrected chi connectivity index (χ4v) is 3.06. The Morgan fingerprint density at radius 3 is 1.71 bits per heavy atom. The van der Waals surface area contributed by atoms with Crippen LogP contribution in [0.1, 0.15) is 40.2 Å². The first-order valence-corrected chi connectivity index (χ1v) is 9.59. The molecule has 0 saturated heterocycles. The van der Waals surface area contributed by atoms with E-state index in [0.29, 0.717) is 13.1 Å². The maximum Gasteiger partial charge on any atom is 0.331 e. The molecule has 0 saturated carbocycles. The molecule has 0 heterocycles. The van der Waals surface area contributed by atoms with E-state index in [0.717, 1.165) is 25.7 Å². The van der Waals surface area contributed by atoms with E-state index in [1.807, 2.05) is 0 Å². The van der Waals surface area contributed by atoms with Crippen LogP contribution < -0.4 is 24.8 Å². The molecule has 1 rings (SSSR count). The minimum Gasteiger partial charge on any atom is -0.422 e. The van der Waals surface area contributed by atoms with Crippen LogP contribution in [-0.2, 0) is 14.4 Å². The zero-order valence-electron chi connectivity index (χ0n) is 18.1. The first kappa shape index (κ1) is 25.7. The number of nitrogens with one attached hydrogen (secondary N) is 1. The van der Waals surface area contributed by atoms with Gasteiger partial charge in [0.05, 0.1) is 5.69 Å². The lowest BCUT2D eigenvalue weighted by Crippen LogP contribution is -2.49. The topological polar surface area (TPSA) is 152 Å². The summed E-state index contributed by atoms with van der Waals surface area (Å²) in [5, 5.41) is 7.59. The molecule has 0 aliphatic heterocycles. The molecule has 31 heavy (non-hydrogen) atoms. The number of carbonyl (C=O) groups is 4. The molecule has 1 aromatic rings. The number of amides is 2. The summed E-state index contributed by atoms with van der Waals surface area (Å²) < 4.78 is 15.4. The van der Waals surface area contributed by atoms with Crippen molar-refractivity contribution in [2.75, 3.05) is 18.0 Å². The Kier molecular flexibility index (Phi) is 8.80. The maximum absolute atomic E-state index is 13.1. The van der Waals surface area contributed by atoms with Crippen molar-refractivity contribution in [3.63, 3.8) is 0 Å². The van der Waals surface area contributed by atoms with E-state index in [1.54, 1.807) is 13.8 Å². The minimum atomic E-state index is -0.830. The highest BCUT2D eigenvalue weighted by atomic mass is 35.5. The molecule has 12 heteroatoms. The van der Waals surface area contributed by atoms with Gasteiger partial charge in [0.15, 0.2) is 11.5 Å². The number of halogens is 1. The highest BCUT2D eigenvalue weighted by Gasteiger charge is 2.34. The monoisotopic (exact) mass is 456 g/mol. The minimum absolute atomic E-state index is 0.0445. The van der Waals surface area contributed by atoms with Gasteiger partial charge in [-0.05, 0) is 20.8 Å². The van der Waals surface area contributed by atoms with Crippen LogP contribution in [0.4, 0.5) is 10.5 Å². The molecular formula is C19H25ClN4O7. The summed E-state index contributed by atoms with van der Waals surface area (Å²) in [4.78, 5) is 50.2. The van der Waals surface area contributed by atoms with E-state index >= 15 is 0 Å². The molecule has 0 spiro atoms. The Labute approximate surface area is 184 Å². The predicted octanol–water partition coefficient (Wildman–Crippen LogP) is 2.59. The smallest absolute Gasteiger partial charge is 0.331 e. The van der Waals surface area contributed by atoms with E-state index in [2.05, 4.69) is 0 Å². The number of guanidine groups is 1. The first-order chi connectivity index (χ1) is 14.4. The molecule has 3 N–H and O–H groups in total. The molecule has 0 aromatic heterocycles. The number of hydrogen-bond donors (Lipinski definition) is 2. The molecule has 0 fully saturated rings. The number of benzene rings is 1. The van der Waals surface area contributed by atoms with Gasteiger partial charge in [-0.25, -0.2) is 9.69 Å². The van der Waals surface area contributed by atoms with Gasteiger partial charge in [0.1, 0.15) is 5.02 Å². The van der Waals surface area contributed by atoms with Crippen molar-refractivity contribution in [3.8, 4) is 17.2 Å². The summed E-state index contributed by atoms with van der Waals surface area (Å²) in [5.74, 6) is -4.34. The van der Waals surface area contributed by atoms with Crippen molar-refractivity contribution in [1.82, 2.24) is 4.90 Å². The molecule has 0 bridgehead atoms. The molecule has 0 aliphatic carbocycles. The quantitative estimate of drug-likeness (QED) is 0.286. The fourth-order valence-electron chi connectivity index (χ4n) is 2.71. The van der Waals surface area contributed by atoms with E-state index in [-0.39, 0.29) is 22.0 Å². The van der Waals surface area contributed by atoms with Gasteiger partial charge in [-0.15, -0.1) is 0 Å². The Bertz CT molecular complexity index is 885. The number of urea groups is 1. The van der Waals surface area contributed by atoms with Crippen LogP contribution in [-0.4, -0.2) is 47.9 Å². The largest absolute Gasteiger partial charge is 0.422 e. The van der Waals surface area contributed by atoms with Gasteiger partial charge in [-0.3, -0.25) is 19.8 Å². The number of carbonyl (C=O) groups excluding carboxylic acids is 4. The van der Waals surface area contributed by atoms with Crippen LogP contribution in [0, 0.1) is 12.3 Å². The van der Waals surface area contributed by atoms with Crippen molar-refractivity contribution in [2.45, 2.75) is 41.5 Å². The fraction of sp³-hybridized carbons (Fsp3) is 0.421. The molecule has 0 aliphatic rings. The average molecular weight is 457 g/mol. The number of ether oxygens (including phenoxy) is 3. The Balaban J connectivity index is 4.05. The summed E-state index contributed by atoms with van der Waals surface area (Å²) in [5.41, 5.74) is 5.55. The second-order valence-corrected chi connectivity index (χ2v) is 6.61. The van der Waals surface area contributed by atoms with Crippen LogP contribution >= 0.6 is 11.6 Å².